The van der Waals surface area contributed by atoms with Crippen molar-refractivity contribution in [3.8, 4) is 6.07 Å². The predicted octanol–water partition coefficient (Wildman–Crippen LogP) is 0.870. The molecule has 0 fully saturated rings. The lowest BCUT2D eigenvalue weighted by atomic mass is 10.3. The van der Waals surface area contributed by atoms with Crippen molar-refractivity contribution in [3.05, 3.63) is 23.9 Å². The predicted molar refractivity (Wildman–Crippen MR) is 54.8 cm³/mol. The maximum Gasteiger partial charge on any atom is 0.146 e. The average Bonchev–Trinajstić information content (AvgIpc) is 2.18. The van der Waals surface area contributed by atoms with Crippen LogP contribution in [0.5, 0.6) is 0 Å². The molecule has 1 N–H and O–H groups in total. The van der Waals surface area contributed by atoms with E-state index >= 15 is 0 Å². The van der Waals surface area contributed by atoms with Crippen LogP contribution in [0.3, 0.4) is 0 Å². The van der Waals surface area contributed by atoms with Gasteiger partial charge in [-0.05, 0) is 12.1 Å². The summed E-state index contributed by atoms with van der Waals surface area (Å²) in [4.78, 5) is 5.78. The van der Waals surface area contributed by atoms with Gasteiger partial charge in [0.05, 0.1) is 5.56 Å². The first kappa shape index (κ1) is 9.99. The van der Waals surface area contributed by atoms with Gasteiger partial charge in [-0.25, -0.2) is 4.98 Å². The van der Waals surface area contributed by atoms with Crippen LogP contribution in [-0.2, 0) is 0 Å². The van der Waals surface area contributed by atoms with Crippen molar-refractivity contribution >= 4 is 12.2 Å². The SMILES string of the molecule is CN(C)/C=N/Nc1ccc(C#N)cn1. The summed E-state index contributed by atoms with van der Waals surface area (Å²) in [5, 5.41) is 12.4. The number of hydrazone groups is 1. The van der Waals surface area contributed by atoms with Crippen molar-refractivity contribution in [2.24, 2.45) is 5.10 Å². The molecule has 1 aromatic rings. The van der Waals surface area contributed by atoms with E-state index in [0.29, 0.717) is 11.4 Å². The third-order valence-corrected chi connectivity index (χ3v) is 1.36. The number of pyridine rings is 1. The number of nitrogens with one attached hydrogen (secondary N) is 1. The topological polar surface area (TPSA) is 64.3 Å². The van der Waals surface area contributed by atoms with E-state index in [1.165, 1.54) is 6.20 Å². The van der Waals surface area contributed by atoms with Gasteiger partial charge in [-0.3, -0.25) is 5.43 Å². The molecule has 5 heteroatoms. The molecule has 5 nitrogen and oxygen atoms in total. The number of nitrogens with zero attached hydrogens (tertiary/aromatic N) is 4. The van der Waals surface area contributed by atoms with Crippen LogP contribution < -0.4 is 5.43 Å². The molecule has 0 aliphatic carbocycles. The van der Waals surface area contributed by atoms with E-state index in [0.717, 1.165) is 0 Å². The molecule has 0 atom stereocenters. The highest BCUT2D eigenvalue weighted by atomic mass is 15.3. The van der Waals surface area contributed by atoms with Crippen LogP contribution >= 0.6 is 0 Å². The molecule has 0 aromatic carbocycles. The summed E-state index contributed by atoms with van der Waals surface area (Å²) in [6, 6.07) is 5.37. The summed E-state index contributed by atoms with van der Waals surface area (Å²) in [6.07, 6.45) is 3.12. The average molecular weight is 189 g/mol. The van der Waals surface area contributed by atoms with Crippen molar-refractivity contribution in [2.75, 3.05) is 19.5 Å². The smallest absolute Gasteiger partial charge is 0.146 e. The fourth-order valence-corrected chi connectivity index (χ4v) is 0.737. The van der Waals surface area contributed by atoms with Gasteiger partial charge in [-0.2, -0.15) is 10.4 Å². The Labute approximate surface area is 82.7 Å². The minimum absolute atomic E-state index is 0.534. The normalized spacial score (nSPS) is 9.79. The van der Waals surface area contributed by atoms with Crippen molar-refractivity contribution in [2.45, 2.75) is 0 Å². The molecule has 0 unspecified atom stereocenters. The zero-order valence-electron chi connectivity index (χ0n) is 8.10. The largest absolute Gasteiger partial charge is 0.367 e. The van der Waals surface area contributed by atoms with Gasteiger partial charge in [0.2, 0.25) is 0 Å². The molecule has 0 saturated carbocycles. The first-order valence-corrected chi connectivity index (χ1v) is 4.04. The lowest BCUT2D eigenvalue weighted by Crippen LogP contribution is -2.09. The molecule has 72 valence electrons. The Morgan fingerprint density at radius 2 is 2.36 bits per heavy atom. The second-order valence-electron chi connectivity index (χ2n) is 2.86. The van der Waals surface area contributed by atoms with Crippen LogP contribution in [0, 0.1) is 11.3 Å². The number of anilines is 1. The van der Waals surface area contributed by atoms with Crippen molar-refractivity contribution in [3.63, 3.8) is 0 Å². The van der Waals surface area contributed by atoms with Crippen LogP contribution in [0.4, 0.5) is 5.82 Å². The molecule has 0 spiro atoms. The van der Waals surface area contributed by atoms with E-state index in [2.05, 4.69) is 15.5 Å². The standard InChI is InChI=1S/C9H11N5/c1-14(2)7-12-13-9-4-3-8(5-10)6-11-9/h3-4,6-7H,1-2H3,(H,11,13)/b12-7+. The second-order valence-corrected chi connectivity index (χ2v) is 2.86. The van der Waals surface area contributed by atoms with E-state index < -0.39 is 0 Å². The molecule has 0 saturated heterocycles. The number of hydrogen-bond acceptors (Lipinski definition) is 4. The summed E-state index contributed by atoms with van der Waals surface area (Å²) in [6.45, 7) is 0. The highest BCUT2D eigenvalue weighted by Gasteiger charge is 1.91. The third kappa shape index (κ3) is 3.11. The molecule has 0 amide bonds. The maximum absolute atomic E-state index is 8.53. The Kier molecular flexibility index (Phi) is 3.44. The minimum Gasteiger partial charge on any atom is -0.367 e. The number of nitriles is 1. The van der Waals surface area contributed by atoms with Crippen LogP contribution in [0.2, 0.25) is 0 Å². The molecule has 0 radical (unpaired) electrons. The summed E-state index contributed by atoms with van der Waals surface area (Å²) in [7, 11) is 3.74. The Bertz CT molecular complexity index is 346. The van der Waals surface area contributed by atoms with Gasteiger partial charge in [0, 0.05) is 20.3 Å². The van der Waals surface area contributed by atoms with Crippen molar-refractivity contribution in [1.82, 2.24) is 9.88 Å². The molecule has 0 aliphatic rings. The van der Waals surface area contributed by atoms with Crippen molar-refractivity contribution < 1.29 is 0 Å². The van der Waals surface area contributed by atoms with Gasteiger partial charge in [-0.1, -0.05) is 0 Å². The van der Waals surface area contributed by atoms with Crippen LogP contribution in [0.1, 0.15) is 5.56 Å². The van der Waals surface area contributed by atoms with E-state index in [9.17, 15) is 0 Å². The highest BCUT2D eigenvalue weighted by Crippen LogP contribution is 2.03. The molecule has 14 heavy (non-hydrogen) atoms. The molecular weight excluding hydrogens is 178 g/mol. The van der Waals surface area contributed by atoms with E-state index in [-0.39, 0.29) is 0 Å². The zero-order valence-corrected chi connectivity index (χ0v) is 8.10. The Hall–Kier alpha value is -2.09. The number of rotatable bonds is 3. The third-order valence-electron chi connectivity index (χ3n) is 1.36. The van der Waals surface area contributed by atoms with E-state index in [4.69, 9.17) is 5.26 Å². The Morgan fingerprint density at radius 1 is 1.57 bits per heavy atom. The lowest BCUT2D eigenvalue weighted by molar-refractivity contribution is 0.641. The van der Waals surface area contributed by atoms with E-state index in [1.54, 1.807) is 23.4 Å². The Morgan fingerprint density at radius 3 is 2.86 bits per heavy atom. The van der Waals surface area contributed by atoms with Crippen LogP contribution in [0.25, 0.3) is 0 Å². The number of aromatic nitrogens is 1. The zero-order chi connectivity index (χ0) is 10.4. The summed E-state index contributed by atoms with van der Waals surface area (Å²) >= 11 is 0. The van der Waals surface area contributed by atoms with Gasteiger partial charge in [0.15, 0.2) is 0 Å². The lowest BCUT2D eigenvalue weighted by Gasteiger charge is -2.02. The van der Waals surface area contributed by atoms with Gasteiger partial charge in [0.1, 0.15) is 18.2 Å². The minimum atomic E-state index is 0.534. The monoisotopic (exact) mass is 189 g/mol. The van der Waals surface area contributed by atoms with Crippen LogP contribution in [-0.4, -0.2) is 30.3 Å². The Balaban J connectivity index is 2.57. The van der Waals surface area contributed by atoms with E-state index in [1.807, 2.05) is 20.2 Å². The summed E-state index contributed by atoms with van der Waals surface area (Å²) in [5.41, 5.74) is 3.27. The van der Waals surface area contributed by atoms with Gasteiger partial charge in [-0.15, -0.1) is 0 Å². The maximum atomic E-state index is 8.53. The highest BCUT2D eigenvalue weighted by molar-refractivity contribution is 5.55. The quantitative estimate of drug-likeness (QED) is 0.435. The van der Waals surface area contributed by atoms with Gasteiger partial charge >= 0.3 is 0 Å². The fourth-order valence-electron chi connectivity index (χ4n) is 0.737. The van der Waals surface area contributed by atoms with Crippen molar-refractivity contribution in [1.29, 1.82) is 5.26 Å². The molecule has 1 heterocycles. The molecule has 1 aromatic heterocycles. The molecule has 1 rings (SSSR count). The number of hydrogen-bond donors (Lipinski definition) is 1. The first-order valence-electron chi connectivity index (χ1n) is 4.04. The molecule has 0 aliphatic heterocycles. The second kappa shape index (κ2) is 4.82. The first-order chi connectivity index (χ1) is 6.72. The summed E-state index contributed by atoms with van der Waals surface area (Å²) in [5.74, 6) is 0.613. The van der Waals surface area contributed by atoms with Crippen LogP contribution in [0.15, 0.2) is 23.4 Å². The molecular formula is C9H11N5. The molecule has 0 bridgehead atoms. The summed E-state index contributed by atoms with van der Waals surface area (Å²) < 4.78 is 0. The van der Waals surface area contributed by atoms with Gasteiger partial charge < -0.3 is 4.90 Å². The van der Waals surface area contributed by atoms with Gasteiger partial charge in [0.25, 0.3) is 0 Å². The fraction of sp³-hybridized carbons (Fsp3) is 0.222.